The highest BCUT2D eigenvalue weighted by molar-refractivity contribution is 5.96. The zero-order valence-corrected chi connectivity index (χ0v) is 14.5. The molecule has 0 atom stereocenters. The topological polar surface area (TPSA) is 111 Å². The summed E-state index contributed by atoms with van der Waals surface area (Å²) >= 11 is 0. The van der Waals surface area contributed by atoms with E-state index in [-0.39, 0.29) is 13.2 Å². The van der Waals surface area contributed by atoms with Gasteiger partial charge in [-0.05, 0) is 12.1 Å². The Morgan fingerprint density at radius 1 is 1.14 bits per heavy atom. The second-order valence-corrected chi connectivity index (χ2v) is 5.98. The predicted molar refractivity (Wildman–Crippen MR) is 97.1 cm³/mol. The molecule has 4 aromatic heterocycles. The highest BCUT2D eigenvalue weighted by Crippen LogP contribution is 2.29. The van der Waals surface area contributed by atoms with E-state index in [4.69, 9.17) is 9.26 Å². The zero-order chi connectivity index (χ0) is 18.9. The lowest BCUT2D eigenvalue weighted by molar-refractivity contribution is 0.229. The van der Waals surface area contributed by atoms with Gasteiger partial charge >= 0.3 is 0 Å². The van der Waals surface area contributed by atoms with Crippen molar-refractivity contribution in [3.8, 4) is 17.4 Å². The minimum absolute atomic E-state index is 0.254. The van der Waals surface area contributed by atoms with E-state index in [9.17, 15) is 5.11 Å². The lowest BCUT2D eigenvalue weighted by Crippen LogP contribution is -2.04. The van der Waals surface area contributed by atoms with E-state index in [0.717, 1.165) is 16.5 Å². The molecule has 137 valence electrons. The Labute approximate surface area is 158 Å². The Balaban J connectivity index is 1.64. The van der Waals surface area contributed by atoms with Crippen LogP contribution in [0.3, 0.4) is 0 Å². The Morgan fingerprint density at radius 3 is 2.82 bits per heavy atom. The molecule has 1 N–H and O–H groups in total. The number of hydrogen-bond acceptors (Lipinski definition) is 8. The second-order valence-electron chi connectivity index (χ2n) is 5.98. The van der Waals surface area contributed by atoms with Gasteiger partial charge in [0.2, 0.25) is 11.7 Å². The van der Waals surface area contributed by atoms with E-state index < -0.39 is 0 Å². The summed E-state index contributed by atoms with van der Waals surface area (Å²) in [5, 5.41) is 27.8. The number of fused-ring (bicyclic) bond motifs is 3. The quantitative estimate of drug-likeness (QED) is 0.499. The van der Waals surface area contributed by atoms with Crippen LogP contribution in [0.2, 0.25) is 0 Å². The van der Waals surface area contributed by atoms with E-state index in [2.05, 4.69) is 31.5 Å². The van der Waals surface area contributed by atoms with E-state index in [0.29, 0.717) is 28.8 Å². The lowest BCUT2D eigenvalue weighted by Gasteiger charge is -2.09. The number of rotatable bonds is 5. The van der Waals surface area contributed by atoms with Crippen LogP contribution in [0.4, 0.5) is 0 Å². The highest BCUT2D eigenvalue weighted by atomic mass is 16.5. The van der Waals surface area contributed by atoms with Gasteiger partial charge in [-0.15, -0.1) is 15.3 Å². The van der Waals surface area contributed by atoms with Crippen molar-refractivity contribution in [3.63, 3.8) is 0 Å². The first-order chi connectivity index (χ1) is 13.8. The summed E-state index contributed by atoms with van der Waals surface area (Å²) in [5.74, 6) is 1.14. The SMILES string of the molecule is OCc1cc(-c2nnc3c4ccccc4c(OCc4cc[c]cn4)nn23)no1. The number of hydrogen-bond donors (Lipinski definition) is 1. The molecule has 0 amide bonds. The van der Waals surface area contributed by atoms with Crippen molar-refractivity contribution in [3.05, 3.63) is 66.2 Å². The summed E-state index contributed by atoms with van der Waals surface area (Å²) in [5.41, 5.74) is 1.75. The largest absolute Gasteiger partial charge is 0.470 e. The van der Waals surface area contributed by atoms with E-state index >= 15 is 0 Å². The van der Waals surface area contributed by atoms with Crippen molar-refractivity contribution in [2.24, 2.45) is 0 Å². The number of pyridine rings is 1. The van der Waals surface area contributed by atoms with E-state index in [1.807, 2.05) is 30.3 Å². The van der Waals surface area contributed by atoms with Crippen LogP contribution in [0.15, 0.2) is 53.2 Å². The van der Waals surface area contributed by atoms with Crippen LogP contribution in [0.1, 0.15) is 11.5 Å². The summed E-state index contributed by atoms with van der Waals surface area (Å²) in [7, 11) is 0. The molecular weight excluding hydrogens is 360 g/mol. The fourth-order valence-electron chi connectivity index (χ4n) is 2.89. The Bertz CT molecular complexity index is 1260. The third kappa shape index (κ3) is 2.74. The van der Waals surface area contributed by atoms with Crippen LogP contribution in [-0.4, -0.2) is 35.1 Å². The first kappa shape index (κ1) is 16.3. The molecule has 0 unspecified atom stereocenters. The minimum atomic E-state index is -0.254. The van der Waals surface area contributed by atoms with Gasteiger partial charge in [0, 0.05) is 29.1 Å². The molecule has 0 aliphatic carbocycles. The number of aliphatic hydroxyl groups excluding tert-OH is 1. The number of aromatic nitrogens is 6. The highest BCUT2D eigenvalue weighted by Gasteiger charge is 2.18. The van der Waals surface area contributed by atoms with Crippen LogP contribution in [-0.2, 0) is 13.2 Å². The van der Waals surface area contributed by atoms with Crippen molar-refractivity contribution in [2.75, 3.05) is 0 Å². The number of benzene rings is 1. The van der Waals surface area contributed by atoms with Gasteiger partial charge in [-0.25, -0.2) is 0 Å². The molecule has 0 spiro atoms. The molecule has 5 aromatic rings. The molecule has 5 rings (SSSR count). The van der Waals surface area contributed by atoms with Crippen LogP contribution in [0.25, 0.3) is 27.9 Å². The Kier molecular flexibility index (Phi) is 3.91. The summed E-state index contributed by atoms with van der Waals surface area (Å²) < 4.78 is 12.6. The van der Waals surface area contributed by atoms with Crippen molar-refractivity contribution in [1.82, 2.24) is 30.0 Å². The molecule has 0 fully saturated rings. The first-order valence-electron chi connectivity index (χ1n) is 8.48. The van der Waals surface area contributed by atoms with E-state index in [1.165, 1.54) is 0 Å². The van der Waals surface area contributed by atoms with Gasteiger partial charge in [0.15, 0.2) is 17.1 Å². The molecule has 9 heteroatoms. The third-order valence-electron chi connectivity index (χ3n) is 4.21. The van der Waals surface area contributed by atoms with Crippen LogP contribution >= 0.6 is 0 Å². The number of nitrogens with zero attached hydrogens (tertiary/aromatic N) is 6. The van der Waals surface area contributed by atoms with Gasteiger partial charge in [0.05, 0.1) is 5.69 Å². The maximum Gasteiger partial charge on any atom is 0.240 e. The van der Waals surface area contributed by atoms with E-state index in [1.54, 1.807) is 22.8 Å². The standard InChI is InChI=1S/C19H13N6O3/c26-10-13-9-16(24-28-13)18-22-21-17-14-6-1-2-7-15(14)19(23-25(17)18)27-11-12-5-3-4-8-20-12/h1-3,5-9,26H,10-11H2. The number of aliphatic hydroxyl groups is 1. The predicted octanol–water partition coefficient (Wildman–Crippen LogP) is 2.20. The maximum absolute atomic E-state index is 9.21. The van der Waals surface area contributed by atoms with Gasteiger partial charge in [-0.2, -0.15) is 4.52 Å². The molecular formula is C19H13N6O3. The van der Waals surface area contributed by atoms with Crippen LogP contribution in [0, 0.1) is 6.07 Å². The van der Waals surface area contributed by atoms with Crippen molar-refractivity contribution in [1.29, 1.82) is 0 Å². The molecule has 0 aliphatic heterocycles. The van der Waals surface area contributed by atoms with Gasteiger partial charge in [0.25, 0.3) is 0 Å². The average molecular weight is 373 g/mol. The molecule has 0 saturated heterocycles. The van der Waals surface area contributed by atoms with Crippen molar-refractivity contribution in [2.45, 2.75) is 13.2 Å². The summed E-state index contributed by atoms with van der Waals surface area (Å²) in [4.78, 5) is 4.22. The molecule has 0 aliphatic rings. The molecule has 4 heterocycles. The van der Waals surface area contributed by atoms with Gasteiger partial charge < -0.3 is 14.4 Å². The number of ether oxygens (including phenoxy) is 1. The van der Waals surface area contributed by atoms with Gasteiger partial charge in [-0.1, -0.05) is 29.4 Å². The lowest BCUT2D eigenvalue weighted by atomic mass is 10.2. The summed E-state index contributed by atoms with van der Waals surface area (Å²) in [6, 6.07) is 15.7. The monoisotopic (exact) mass is 373 g/mol. The van der Waals surface area contributed by atoms with Crippen LogP contribution < -0.4 is 4.74 Å². The normalized spacial score (nSPS) is 11.3. The summed E-state index contributed by atoms with van der Waals surface area (Å²) in [6.07, 6.45) is 1.59. The average Bonchev–Trinajstić information content (AvgIpc) is 3.39. The maximum atomic E-state index is 9.21. The Morgan fingerprint density at radius 2 is 2.04 bits per heavy atom. The molecule has 9 nitrogen and oxygen atoms in total. The fraction of sp³-hybridized carbons (Fsp3) is 0.105. The zero-order valence-electron chi connectivity index (χ0n) is 14.5. The Hall–Kier alpha value is -3.85. The summed E-state index contributed by atoms with van der Waals surface area (Å²) in [6.45, 7) is 0.00320. The third-order valence-corrected chi connectivity index (χ3v) is 4.21. The van der Waals surface area contributed by atoms with Gasteiger partial charge in [-0.3, -0.25) is 4.98 Å². The second kappa shape index (κ2) is 6.71. The minimum Gasteiger partial charge on any atom is -0.470 e. The smallest absolute Gasteiger partial charge is 0.240 e. The molecule has 1 radical (unpaired) electrons. The fourth-order valence-corrected chi connectivity index (χ4v) is 2.89. The first-order valence-corrected chi connectivity index (χ1v) is 8.48. The molecule has 0 saturated carbocycles. The molecule has 1 aromatic carbocycles. The van der Waals surface area contributed by atoms with Gasteiger partial charge in [0.1, 0.15) is 13.2 Å². The van der Waals surface area contributed by atoms with Crippen molar-refractivity contribution >= 4 is 16.4 Å². The molecule has 0 bridgehead atoms. The van der Waals surface area contributed by atoms with Crippen LogP contribution in [0.5, 0.6) is 5.88 Å². The molecule has 28 heavy (non-hydrogen) atoms. The van der Waals surface area contributed by atoms with Crippen molar-refractivity contribution < 1.29 is 14.4 Å².